The third-order valence-electron chi connectivity index (χ3n) is 2.51. The molecule has 0 atom stereocenters. The molecule has 3 nitrogen and oxygen atoms in total. The molecule has 1 aromatic heterocycles. The van der Waals surface area contributed by atoms with E-state index in [1.807, 2.05) is 6.20 Å². The van der Waals surface area contributed by atoms with Crippen LogP contribution in [0, 0.1) is 0 Å². The highest BCUT2D eigenvalue weighted by Gasteiger charge is 1.97. The first kappa shape index (κ1) is 12.2. The highest BCUT2D eigenvalue weighted by Crippen LogP contribution is 2.03. The maximum absolute atomic E-state index is 4.34. The van der Waals surface area contributed by atoms with Crippen molar-refractivity contribution in [3.8, 4) is 0 Å². The molecule has 0 unspecified atom stereocenters. The molecule has 0 fully saturated rings. The molecule has 15 heavy (non-hydrogen) atoms. The zero-order valence-electron chi connectivity index (χ0n) is 10.00. The molecule has 0 aliphatic heterocycles. The second kappa shape index (κ2) is 7.46. The predicted molar refractivity (Wildman–Crippen MR) is 63.7 cm³/mol. The van der Waals surface area contributed by atoms with Crippen LogP contribution in [0.5, 0.6) is 0 Å². The normalized spacial score (nSPS) is 10.8. The smallest absolute Gasteiger partial charge is 0.0534 e. The Hall–Kier alpha value is -0.830. The average molecular weight is 209 g/mol. The SMILES string of the molecule is CCCCCCn1cc(CNCC)cn1. The monoisotopic (exact) mass is 209 g/mol. The number of hydrogen-bond donors (Lipinski definition) is 1. The van der Waals surface area contributed by atoms with Crippen molar-refractivity contribution in [1.29, 1.82) is 0 Å². The zero-order chi connectivity index (χ0) is 10.9. The summed E-state index contributed by atoms with van der Waals surface area (Å²) in [5, 5.41) is 7.64. The van der Waals surface area contributed by atoms with E-state index in [9.17, 15) is 0 Å². The van der Waals surface area contributed by atoms with Gasteiger partial charge in [-0.2, -0.15) is 5.10 Å². The van der Waals surface area contributed by atoms with E-state index in [1.54, 1.807) is 0 Å². The Morgan fingerprint density at radius 2 is 2.13 bits per heavy atom. The van der Waals surface area contributed by atoms with Crippen molar-refractivity contribution in [1.82, 2.24) is 15.1 Å². The van der Waals surface area contributed by atoms with Crippen LogP contribution in [-0.4, -0.2) is 16.3 Å². The Kier molecular flexibility index (Phi) is 6.09. The van der Waals surface area contributed by atoms with Gasteiger partial charge >= 0.3 is 0 Å². The van der Waals surface area contributed by atoms with E-state index in [0.29, 0.717) is 0 Å². The first-order chi connectivity index (χ1) is 7.36. The van der Waals surface area contributed by atoms with Gasteiger partial charge in [0, 0.05) is 24.8 Å². The lowest BCUT2D eigenvalue weighted by Gasteiger charge is -2.00. The number of hydrogen-bond acceptors (Lipinski definition) is 2. The van der Waals surface area contributed by atoms with E-state index >= 15 is 0 Å². The van der Waals surface area contributed by atoms with Crippen molar-refractivity contribution in [2.24, 2.45) is 0 Å². The van der Waals surface area contributed by atoms with Gasteiger partial charge in [0.05, 0.1) is 6.20 Å². The molecule has 0 aliphatic carbocycles. The van der Waals surface area contributed by atoms with Gasteiger partial charge in [-0.3, -0.25) is 4.68 Å². The minimum absolute atomic E-state index is 0.936. The third kappa shape index (κ3) is 4.98. The molecule has 0 aliphatic rings. The van der Waals surface area contributed by atoms with Crippen molar-refractivity contribution >= 4 is 0 Å². The summed E-state index contributed by atoms with van der Waals surface area (Å²) in [6.45, 7) is 7.37. The minimum atomic E-state index is 0.936. The van der Waals surface area contributed by atoms with Gasteiger partial charge in [-0.15, -0.1) is 0 Å². The summed E-state index contributed by atoms with van der Waals surface area (Å²) in [7, 11) is 0. The van der Waals surface area contributed by atoms with Crippen LogP contribution in [0.25, 0.3) is 0 Å². The Morgan fingerprint density at radius 3 is 2.87 bits per heavy atom. The summed E-state index contributed by atoms with van der Waals surface area (Å²) < 4.78 is 2.06. The van der Waals surface area contributed by atoms with Crippen LogP contribution in [-0.2, 0) is 13.1 Å². The quantitative estimate of drug-likeness (QED) is 0.667. The third-order valence-corrected chi connectivity index (χ3v) is 2.51. The van der Waals surface area contributed by atoms with Crippen LogP contribution < -0.4 is 5.32 Å². The summed E-state index contributed by atoms with van der Waals surface area (Å²) in [5.74, 6) is 0. The van der Waals surface area contributed by atoms with E-state index in [-0.39, 0.29) is 0 Å². The Bertz CT molecular complexity index is 255. The summed E-state index contributed by atoms with van der Waals surface area (Å²) in [6.07, 6.45) is 9.31. The number of nitrogens with one attached hydrogen (secondary N) is 1. The number of aryl methyl sites for hydroxylation is 1. The molecule has 0 amide bonds. The van der Waals surface area contributed by atoms with Crippen molar-refractivity contribution in [3.05, 3.63) is 18.0 Å². The first-order valence-electron chi connectivity index (χ1n) is 6.08. The lowest BCUT2D eigenvalue weighted by molar-refractivity contribution is 0.541. The molecular formula is C12H23N3. The molecular weight excluding hydrogens is 186 g/mol. The fraction of sp³-hybridized carbons (Fsp3) is 0.750. The molecule has 0 aromatic carbocycles. The van der Waals surface area contributed by atoms with Crippen LogP contribution in [0.1, 0.15) is 45.1 Å². The standard InChI is InChI=1S/C12H23N3/c1-3-5-6-7-8-15-11-12(10-14-15)9-13-4-2/h10-11,13H,3-9H2,1-2H3. The largest absolute Gasteiger partial charge is 0.313 e. The number of aromatic nitrogens is 2. The molecule has 86 valence electrons. The first-order valence-corrected chi connectivity index (χ1v) is 6.08. The van der Waals surface area contributed by atoms with E-state index in [0.717, 1.165) is 19.6 Å². The number of unbranched alkanes of at least 4 members (excludes halogenated alkanes) is 3. The highest BCUT2D eigenvalue weighted by atomic mass is 15.3. The van der Waals surface area contributed by atoms with Crippen molar-refractivity contribution in [2.45, 2.75) is 52.6 Å². The molecule has 0 saturated heterocycles. The average Bonchev–Trinajstić information content (AvgIpc) is 2.69. The summed E-state index contributed by atoms with van der Waals surface area (Å²) in [5.41, 5.74) is 1.28. The molecule has 1 heterocycles. The molecule has 1 aromatic rings. The number of nitrogens with zero attached hydrogens (tertiary/aromatic N) is 2. The predicted octanol–water partition coefficient (Wildman–Crippen LogP) is 2.57. The van der Waals surface area contributed by atoms with E-state index < -0.39 is 0 Å². The van der Waals surface area contributed by atoms with E-state index in [1.165, 1.54) is 31.2 Å². The van der Waals surface area contributed by atoms with Gasteiger partial charge in [-0.05, 0) is 13.0 Å². The molecule has 1 N–H and O–H groups in total. The highest BCUT2D eigenvalue weighted by molar-refractivity contribution is 5.02. The Morgan fingerprint density at radius 1 is 1.27 bits per heavy atom. The molecule has 1 rings (SSSR count). The van der Waals surface area contributed by atoms with E-state index in [4.69, 9.17) is 0 Å². The molecule has 0 saturated carbocycles. The van der Waals surface area contributed by atoms with Gasteiger partial charge in [-0.1, -0.05) is 33.1 Å². The molecule has 0 radical (unpaired) electrons. The lowest BCUT2D eigenvalue weighted by atomic mass is 10.2. The van der Waals surface area contributed by atoms with E-state index in [2.05, 4.69) is 35.1 Å². The maximum atomic E-state index is 4.34. The van der Waals surface area contributed by atoms with Gasteiger partial charge in [0.2, 0.25) is 0 Å². The fourth-order valence-electron chi connectivity index (χ4n) is 1.59. The van der Waals surface area contributed by atoms with Gasteiger partial charge in [0.1, 0.15) is 0 Å². The molecule has 0 bridgehead atoms. The van der Waals surface area contributed by atoms with Crippen molar-refractivity contribution in [3.63, 3.8) is 0 Å². The van der Waals surface area contributed by atoms with Crippen LogP contribution in [0.3, 0.4) is 0 Å². The van der Waals surface area contributed by atoms with Crippen molar-refractivity contribution < 1.29 is 0 Å². The van der Waals surface area contributed by atoms with Crippen LogP contribution in [0.2, 0.25) is 0 Å². The maximum Gasteiger partial charge on any atom is 0.0534 e. The van der Waals surface area contributed by atoms with Crippen molar-refractivity contribution in [2.75, 3.05) is 6.54 Å². The number of rotatable bonds is 8. The zero-order valence-corrected chi connectivity index (χ0v) is 10.00. The van der Waals surface area contributed by atoms with Gasteiger partial charge < -0.3 is 5.32 Å². The van der Waals surface area contributed by atoms with Gasteiger partial charge in [0.25, 0.3) is 0 Å². The Balaban J connectivity index is 2.20. The second-order valence-corrected chi connectivity index (χ2v) is 3.95. The molecule has 0 spiro atoms. The molecule has 3 heteroatoms. The summed E-state index contributed by atoms with van der Waals surface area (Å²) >= 11 is 0. The summed E-state index contributed by atoms with van der Waals surface area (Å²) in [6, 6.07) is 0. The van der Waals surface area contributed by atoms with Crippen LogP contribution in [0.15, 0.2) is 12.4 Å². The lowest BCUT2D eigenvalue weighted by Crippen LogP contribution is -2.11. The minimum Gasteiger partial charge on any atom is -0.313 e. The summed E-state index contributed by atoms with van der Waals surface area (Å²) in [4.78, 5) is 0. The van der Waals surface area contributed by atoms with Gasteiger partial charge in [-0.25, -0.2) is 0 Å². The fourth-order valence-corrected chi connectivity index (χ4v) is 1.59. The van der Waals surface area contributed by atoms with Crippen LogP contribution in [0.4, 0.5) is 0 Å². The second-order valence-electron chi connectivity index (χ2n) is 3.95. The Labute approximate surface area is 92.9 Å². The topological polar surface area (TPSA) is 29.9 Å². The van der Waals surface area contributed by atoms with Crippen LogP contribution >= 0.6 is 0 Å². The van der Waals surface area contributed by atoms with Gasteiger partial charge in [0.15, 0.2) is 0 Å².